The topological polar surface area (TPSA) is 41.1 Å². The van der Waals surface area contributed by atoms with Crippen molar-refractivity contribution in [3.8, 4) is 0 Å². The molecule has 3 aliphatic rings. The summed E-state index contributed by atoms with van der Waals surface area (Å²) >= 11 is 0. The molecule has 2 aliphatic carbocycles. The summed E-state index contributed by atoms with van der Waals surface area (Å²) in [5, 5.41) is 6.58. The van der Waals surface area contributed by atoms with Gasteiger partial charge in [0.05, 0.1) is 6.04 Å². The predicted molar refractivity (Wildman–Crippen MR) is 99.7 cm³/mol. The highest BCUT2D eigenvalue weighted by Gasteiger charge is 2.53. The van der Waals surface area contributed by atoms with E-state index in [0.717, 1.165) is 17.4 Å². The zero-order chi connectivity index (χ0) is 17.0. The van der Waals surface area contributed by atoms with Gasteiger partial charge in [0.15, 0.2) is 0 Å². The molecule has 2 bridgehead atoms. The minimum Gasteiger partial charge on any atom is -0.378 e. The Morgan fingerprint density at radius 1 is 1.08 bits per heavy atom. The van der Waals surface area contributed by atoms with Crippen LogP contribution in [0.4, 0.5) is 5.69 Å². The lowest BCUT2D eigenvalue weighted by atomic mass is 9.68. The van der Waals surface area contributed by atoms with Gasteiger partial charge in [-0.05, 0) is 72.3 Å². The number of hydrogen-bond acceptors (Lipinski definition) is 2. The van der Waals surface area contributed by atoms with E-state index in [9.17, 15) is 4.79 Å². The molecule has 1 amide bonds. The summed E-state index contributed by atoms with van der Waals surface area (Å²) < 4.78 is 0. The molecule has 0 saturated heterocycles. The fourth-order valence-corrected chi connectivity index (χ4v) is 5.76. The van der Waals surface area contributed by atoms with Crippen LogP contribution < -0.4 is 10.6 Å². The molecule has 25 heavy (non-hydrogen) atoms. The number of fused-ring (bicyclic) bond motifs is 7. The Morgan fingerprint density at radius 2 is 1.88 bits per heavy atom. The number of nitrogens with one attached hydrogen (secondary N) is 2. The Morgan fingerprint density at radius 3 is 2.68 bits per heavy atom. The SMILES string of the molecule is CNC(=O)c1ccc2c(c1)[C@@H]1[C@H]3CC[C@@H](C3)[C@H]1[C@@H](c1ccccc1)N2. The first-order valence-corrected chi connectivity index (χ1v) is 9.44. The molecule has 0 radical (unpaired) electrons. The molecule has 1 heterocycles. The third kappa shape index (κ3) is 2.21. The van der Waals surface area contributed by atoms with Gasteiger partial charge in [0, 0.05) is 18.3 Å². The maximum absolute atomic E-state index is 12.1. The minimum absolute atomic E-state index is 0.00712. The van der Waals surface area contributed by atoms with Crippen molar-refractivity contribution in [2.45, 2.75) is 31.2 Å². The van der Waals surface area contributed by atoms with Gasteiger partial charge in [0.2, 0.25) is 0 Å². The van der Waals surface area contributed by atoms with Gasteiger partial charge in [-0.25, -0.2) is 0 Å². The molecule has 3 nitrogen and oxygen atoms in total. The molecule has 1 aliphatic heterocycles. The molecule has 2 fully saturated rings. The van der Waals surface area contributed by atoms with E-state index in [-0.39, 0.29) is 5.91 Å². The molecule has 2 aromatic rings. The van der Waals surface area contributed by atoms with E-state index in [4.69, 9.17) is 0 Å². The Bertz CT molecular complexity index is 816. The van der Waals surface area contributed by atoms with Gasteiger partial charge >= 0.3 is 0 Å². The molecule has 5 atom stereocenters. The largest absolute Gasteiger partial charge is 0.378 e. The minimum atomic E-state index is 0.00712. The summed E-state index contributed by atoms with van der Waals surface area (Å²) in [6.45, 7) is 0. The fourth-order valence-electron chi connectivity index (χ4n) is 5.76. The summed E-state index contributed by atoms with van der Waals surface area (Å²) in [7, 11) is 1.70. The monoisotopic (exact) mass is 332 g/mol. The normalized spacial score (nSPS) is 31.8. The molecule has 128 valence electrons. The Hall–Kier alpha value is -2.29. The fraction of sp³-hybridized carbons (Fsp3) is 0.409. The number of rotatable bonds is 2. The van der Waals surface area contributed by atoms with Gasteiger partial charge in [0.25, 0.3) is 5.91 Å². The van der Waals surface area contributed by atoms with Crippen LogP contribution in [0.2, 0.25) is 0 Å². The summed E-state index contributed by atoms with van der Waals surface area (Å²) in [5.74, 6) is 2.83. The molecule has 0 aromatic heterocycles. The van der Waals surface area contributed by atoms with Gasteiger partial charge in [-0.15, -0.1) is 0 Å². The summed E-state index contributed by atoms with van der Waals surface area (Å²) in [6.07, 6.45) is 4.06. The number of benzene rings is 2. The van der Waals surface area contributed by atoms with E-state index in [1.807, 2.05) is 6.07 Å². The van der Waals surface area contributed by atoms with Gasteiger partial charge < -0.3 is 10.6 Å². The van der Waals surface area contributed by atoms with E-state index < -0.39 is 0 Å². The molecule has 2 aromatic carbocycles. The van der Waals surface area contributed by atoms with Crippen LogP contribution in [0.5, 0.6) is 0 Å². The highest BCUT2D eigenvalue weighted by Crippen LogP contribution is 2.63. The second kappa shape index (κ2) is 5.62. The van der Waals surface area contributed by atoms with Crippen LogP contribution in [0.3, 0.4) is 0 Å². The van der Waals surface area contributed by atoms with Gasteiger partial charge in [0.1, 0.15) is 0 Å². The molecule has 2 N–H and O–H groups in total. The molecule has 3 heteroatoms. The molecule has 0 unspecified atom stereocenters. The van der Waals surface area contributed by atoms with E-state index >= 15 is 0 Å². The van der Waals surface area contributed by atoms with Crippen molar-refractivity contribution in [1.29, 1.82) is 0 Å². The zero-order valence-electron chi connectivity index (χ0n) is 14.5. The van der Waals surface area contributed by atoms with E-state index in [1.54, 1.807) is 7.05 Å². The average molecular weight is 332 g/mol. The van der Waals surface area contributed by atoms with E-state index in [2.05, 4.69) is 53.1 Å². The maximum Gasteiger partial charge on any atom is 0.251 e. The number of amides is 1. The standard InChI is InChI=1S/C22H24N2O/c1-23-22(25)16-9-10-18-17(12-16)19-14-7-8-15(11-14)20(19)21(24-18)13-5-3-2-4-6-13/h2-6,9-10,12,14-15,19-21,24H,7-8,11H2,1H3,(H,23,25)/t14-,15-,19-,20+,21+/m0/s1. The number of hydrogen-bond donors (Lipinski definition) is 2. The first-order chi connectivity index (χ1) is 12.3. The third-order valence-corrected chi connectivity index (χ3v) is 6.74. The van der Waals surface area contributed by atoms with Crippen molar-refractivity contribution in [2.75, 3.05) is 12.4 Å². The van der Waals surface area contributed by atoms with Crippen molar-refractivity contribution in [1.82, 2.24) is 5.32 Å². The van der Waals surface area contributed by atoms with Gasteiger partial charge in [-0.2, -0.15) is 0 Å². The Labute approximate surface area is 148 Å². The van der Waals surface area contributed by atoms with Crippen LogP contribution in [0.15, 0.2) is 48.5 Å². The molecular formula is C22H24N2O. The van der Waals surface area contributed by atoms with Gasteiger partial charge in [-0.1, -0.05) is 30.3 Å². The lowest BCUT2D eigenvalue weighted by Crippen LogP contribution is -2.35. The smallest absolute Gasteiger partial charge is 0.251 e. The molecular weight excluding hydrogens is 308 g/mol. The number of carbonyl (C=O) groups excluding carboxylic acids is 1. The van der Waals surface area contributed by atoms with Crippen LogP contribution in [-0.2, 0) is 0 Å². The first-order valence-electron chi connectivity index (χ1n) is 9.44. The van der Waals surface area contributed by atoms with Crippen molar-refractivity contribution < 1.29 is 4.79 Å². The lowest BCUT2D eigenvalue weighted by molar-refractivity contribution is 0.0963. The Balaban J connectivity index is 1.61. The van der Waals surface area contributed by atoms with E-state index in [0.29, 0.717) is 17.9 Å². The summed E-state index contributed by atoms with van der Waals surface area (Å²) in [4.78, 5) is 12.1. The summed E-state index contributed by atoms with van der Waals surface area (Å²) in [5.41, 5.74) is 4.76. The second-order valence-electron chi connectivity index (χ2n) is 7.85. The maximum atomic E-state index is 12.1. The van der Waals surface area contributed by atoms with Crippen LogP contribution in [0, 0.1) is 17.8 Å². The second-order valence-corrected chi connectivity index (χ2v) is 7.85. The first kappa shape index (κ1) is 15.0. The van der Waals surface area contributed by atoms with Crippen molar-refractivity contribution in [2.24, 2.45) is 17.8 Å². The molecule has 2 saturated carbocycles. The molecule has 0 spiro atoms. The highest BCUT2D eigenvalue weighted by molar-refractivity contribution is 5.94. The van der Waals surface area contributed by atoms with Gasteiger partial charge in [-0.3, -0.25) is 4.79 Å². The van der Waals surface area contributed by atoms with Crippen LogP contribution >= 0.6 is 0 Å². The number of carbonyl (C=O) groups is 1. The molecule has 5 rings (SSSR count). The highest BCUT2D eigenvalue weighted by atomic mass is 16.1. The van der Waals surface area contributed by atoms with Crippen LogP contribution in [-0.4, -0.2) is 13.0 Å². The quantitative estimate of drug-likeness (QED) is 0.859. The van der Waals surface area contributed by atoms with Crippen LogP contribution in [0.1, 0.15) is 52.7 Å². The zero-order valence-corrected chi connectivity index (χ0v) is 14.5. The summed E-state index contributed by atoms with van der Waals surface area (Å²) in [6, 6.07) is 17.5. The van der Waals surface area contributed by atoms with Crippen molar-refractivity contribution >= 4 is 11.6 Å². The third-order valence-electron chi connectivity index (χ3n) is 6.74. The van der Waals surface area contributed by atoms with Crippen LogP contribution in [0.25, 0.3) is 0 Å². The van der Waals surface area contributed by atoms with E-state index in [1.165, 1.54) is 36.1 Å². The lowest BCUT2D eigenvalue weighted by Gasteiger charge is -2.43. The van der Waals surface area contributed by atoms with Crippen molar-refractivity contribution in [3.63, 3.8) is 0 Å². The average Bonchev–Trinajstić information content (AvgIpc) is 3.29. The predicted octanol–water partition coefficient (Wildman–Crippen LogP) is 4.34. The number of anilines is 1. The Kier molecular flexibility index (Phi) is 3.37. The van der Waals surface area contributed by atoms with Crippen molar-refractivity contribution in [3.05, 3.63) is 65.2 Å².